The van der Waals surface area contributed by atoms with Crippen LogP contribution in [-0.4, -0.2) is 19.9 Å². The molecule has 0 spiro atoms. The molecule has 47 heavy (non-hydrogen) atoms. The van der Waals surface area contributed by atoms with Crippen LogP contribution in [0.5, 0.6) is 0 Å². The van der Waals surface area contributed by atoms with Crippen molar-refractivity contribution in [1.82, 2.24) is 19.9 Å². The topological polar surface area (TPSA) is 51.6 Å². The molecule has 0 atom stereocenters. The number of nitrogens with zero attached hydrogens (tertiary/aromatic N) is 4. The highest BCUT2D eigenvalue weighted by Crippen LogP contribution is 2.39. The zero-order chi connectivity index (χ0) is 31.2. The molecule has 9 aromatic rings. The van der Waals surface area contributed by atoms with Crippen LogP contribution in [0.1, 0.15) is 0 Å². The lowest BCUT2D eigenvalue weighted by atomic mass is 9.93. The third-order valence-electron chi connectivity index (χ3n) is 8.57. The summed E-state index contributed by atoms with van der Waals surface area (Å²) in [7, 11) is 0. The van der Waals surface area contributed by atoms with Gasteiger partial charge < -0.3 is 0 Å². The highest BCUT2D eigenvalue weighted by atomic mass is 32.1. The zero-order valence-electron chi connectivity index (χ0n) is 25.2. The summed E-state index contributed by atoms with van der Waals surface area (Å²) >= 11 is 1.74. The normalized spacial score (nSPS) is 11.4. The Bertz CT molecular complexity index is 2500. The lowest BCUT2D eigenvalue weighted by Crippen LogP contribution is -2.00. The molecule has 9 rings (SSSR count). The van der Waals surface area contributed by atoms with Crippen molar-refractivity contribution in [2.45, 2.75) is 0 Å². The van der Waals surface area contributed by atoms with Crippen molar-refractivity contribution in [1.29, 1.82) is 0 Å². The number of thiazole rings is 1. The monoisotopic (exact) mass is 618 g/mol. The molecule has 5 heteroatoms. The first-order chi connectivity index (χ1) is 23.3. The Labute approximate surface area is 275 Å². The Morgan fingerprint density at radius 3 is 1.57 bits per heavy atom. The van der Waals surface area contributed by atoms with E-state index in [4.69, 9.17) is 19.9 Å². The molecule has 0 bridgehead atoms. The minimum absolute atomic E-state index is 0.652. The Kier molecular flexibility index (Phi) is 6.61. The van der Waals surface area contributed by atoms with Crippen LogP contribution in [0.4, 0.5) is 0 Å². The van der Waals surface area contributed by atoms with E-state index < -0.39 is 0 Å². The van der Waals surface area contributed by atoms with E-state index in [2.05, 4.69) is 91.0 Å². The summed E-state index contributed by atoms with van der Waals surface area (Å²) in [5.74, 6) is 1.96. The number of hydrogen-bond donors (Lipinski definition) is 0. The molecule has 0 radical (unpaired) electrons. The molecule has 0 saturated carbocycles. The van der Waals surface area contributed by atoms with Gasteiger partial charge >= 0.3 is 0 Å². The first-order valence-electron chi connectivity index (χ1n) is 15.6. The third kappa shape index (κ3) is 4.94. The van der Waals surface area contributed by atoms with Crippen molar-refractivity contribution < 1.29 is 0 Å². The van der Waals surface area contributed by atoms with Gasteiger partial charge in [0.25, 0.3) is 0 Å². The second-order valence-electron chi connectivity index (χ2n) is 11.5. The largest absolute Gasteiger partial charge is 0.235 e. The van der Waals surface area contributed by atoms with Gasteiger partial charge in [0.15, 0.2) is 17.5 Å². The van der Waals surface area contributed by atoms with E-state index >= 15 is 0 Å². The van der Waals surface area contributed by atoms with E-state index in [9.17, 15) is 0 Å². The SMILES string of the molecule is c1ccc(-c2nc(-c3ccccc3)nc(-c3ccc(-c4ccc5c(ccc6sc(-c7ccccc7)nc65)c4)c4ccccc34)n2)cc1. The van der Waals surface area contributed by atoms with Crippen molar-refractivity contribution in [3.8, 4) is 55.9 Å². The number of hydrogen-bond acceptors (Lipinski definition) is 5. The van der Waals surface area contributed by atoms with Crippen molar-refractivity contribution in [3.05, 3.63) is 158 Å². The quantitative estimate of drug-likeness (QED) is 0.193. The molecule has 0 aliphatic carbocycles. The summed E-state index contributed by atoms with van der Waals surface area (Å²) in [6.07, 6.45) is 0. The lowest BCUT2D eigenvalue weighted by molar-refractivity contribution is 1.08. The second kappa shape index (κ2) is 11.4. The predicted octanol–water partition coefficient (Wildman–Crippen LogP) is 11.1. The number of aromatic nitrogens is 4. The van der Waals surface area contributed by atoms with Crippen LogP contribution in [0.15, 0.2) is 158 Å². The van der Waals surface area contributed by atoms with Crippen LogP contribution in [-0.2, 0) is 0 Å². The second-order valence-corrected chi connectivity index (χ2v) is 12.5. The van der Waals surface area contributed by atoms with E-state index in [-0.39, 0.29) is 0 Å². The first kappa shape index (κ1) is 27.3. The fraction of sp³-hybridized carbons (Fsp3) is 0. The van der Waals surface area contributed by atoms with Gasteiger partial charge in [-0.2, -0.15) is 0 Å². The van der Waals surface area contributed by atoms with E-state index in [0.29, 0.717) is 17.5 Å². The summed E-state index contributed by atoms with van der Waals surface area (Å²) in [6.45, 7) is 0. The molecule has 0 saturated heterocycles. The number of benzene rings is 7. The molecule has 2 heterocycles. The fourth-order valence-corrected chi connectivity index (χ4v) is 7.25. The standard InChI is InChI=1S/C42H26N4S/c1-4-12-27(13-5-1)39-44-40(28-14-6-2-7-15-28)46-41(45-39)36-24-23-32(34-18-10-11-19-35(34)36)30-20-22-33-31(26-30)21-25-37-38(33)43-42(47-37)29-16-8-3-9-17-29/h1-26H. The maximum atomic E-state index is 5.07. The van der Waals surface area contributed by atoms with Crippen LogP contribution >= 0.6 is 11.3 Å². The summed E-state index contributed by atoms with van der Waals surface area (Å²) in [4.78, 5) is 20.0. The van der Waals surface area contributed by atoms with Crippen molar-refractivity contribution in [2.24, 2.45) is 0 Å². The molecule has 0 aliphatic rings. The van der Waals surface area contributed by atoms with Gasteiger partial charge in [0, 0.05) is 27.6 Å². The van der Waals surface area contributed by atoms with Crippen molar-refractivity contribution in [3.63, 3.8) is 0 Å². The highest BCUT2D eigenvalue weighted by molar-refractivity contribution is 7.21. The fourth-order valence-electron chi connectivity index (χ4n) is 6.27. The molecule has 0 amide bonds. The predicted molar refractivity (Wildman–Crippen MR) is 195 cm³/mol. The van der Waals surface area contributed by atoms with Gasteiger partial charge in [-0.3, -0.25) is 0 Å². The van der Waals surface area contributed by atoms with Gasteiger partial charge in [-0.1, -0.05) is 140 Å². The number of fused-ring (bicyclic) bond motifs is 4. The van der Waals surface area contributed by atoms with Gasteiger partial charge in [0.05, 0.1) is 10.2 Å². The average molecular weight is 619 g/mol. The Morgan fingerprint density at radius 1 is 0.362 bits per heavy atom. The molecule has 0 N–H and O–H groups in total. The smallest absolute Gasteiger partial charge is 0.164 e. The minimum Gasteiger partial charge on any atom is -0.235 e. The first-order valence-corrected chi connectivity index (χ1v) is 16.4. The van der Waals surface area contributed by atoms with E-state index in [1.165, 1.54) is 10.1 Å². The van der Waals surface area contributed by atoms with Gasteiger partial charge in [0.1, 0.15) is 5.01 Å². The third-order valence-corrected chi connectivity index (χ3v) is 9.64. The molecule has 2 aromatic heterocycles. The number of rotatable bonds is 5. The van der Waals surface area contributed by atoms with Gasteiger partial charge in [-0.25, -0.2) is 19.9 Å². The van der Waals surface area contributed by atoms with E-state index in [0.717, 1.165) is 60.1 Å². The zero-order valence-corrected chi connectivity index (χ0v) is 26.0. The maximum absolute atomic E-state index is 5.07. The van der Waals surface area contributed by atoms with Crippen molar-refractivity contribution in [2.75, 3.05) is 0 Å². The minimum atomic E-state index is 0.652. The van der Waals surface area contributed by atoms with Gasteiger partial charge in [-0.05, 0) is 45.5 Å². The van der Waals surface area contributed by atoms with E-state index in [1.54, 1.807) is 11.3 Å². The Morgan fingerprint density at radius 2 is 0.915 bits per heavy atom. The molecule has 220 valence electrons. The molecular weight excluding hydrogens is 593 g/mol. The molecule has 7 aromatic carbocycles. The molecule has 0 unspecified atom stereocenters. The van der Waals surface area contributed by atoms with Crippen LogP contribution in [0, 0.1) is 0 Å². The molecular formula is C42H26N4S. The summed E-state index contributed by atoms with van der Waals surface area (Å²) in [5.41, 5.74) is 7.40. The highest BCUT2D eigenvalue weighted by Gasteiger charge is 2.17. The van der Waals surface area contributed by atoms with E-state index in [1.807, 2.05) is 66.7 Å². The molecule has 4 nitrogen and oxygen atoms in total. The maximum Gasteiger partial charge on any atom is 0.164 e. The molecule has 0 aliphatic heterocycles. The van der Waals surface area contributed by atoms with Gasteiger partial charge in [0.2, 0.25) is 0 Å². The lowest BCUT2D eigenvalue weighted by Gasteiger charge is -2.13. The summed E-state index contributed by atoms with van der Waals surface area (Å²) < 4.78 is 1.20. The summed E-state index contributed by atoms with van der Waals surface area (Å²) in [6, 6.07) is 54.6. The van der Waals surface area contributed by atoms with Crippen LogP contribution in [0.2, 0.25) is 0 Å². The Hall–Kier alpha value is -6.04. The van der Waals surface area contributed by atoms with Crippen LogP contribution in [0.3, 0.4) is 0 Å². The molecule has 0 fully saturated rings. The summed E-state index contributed by atoms with van der Waals surface area (Å²) in [5, 5.41) is 5.62. The van der Waals surface area contributed by atoms with Crippen LogP contribution in [0.25, 0.3) is 87.6 Å². The Balaban J connectivity index is 1.18. The average Bonchev–Trinajstić information content (AvgIpc) is 3.60. The van der Waals surface area contributed by atoms with Crippen molar-refractivity contribution >= 4 is 43.1 Å². The van der Waals surface area contributed by atoms with Crippen LogP contribution < -0.4 is 0 Å². The van der Waals surface area contributed by atoms with Gasteiger partial charge in [-0.15, -0.1) is 11.3 Å².